The molecule has 0 saturated heterocycles. The van der Waals surface area contributed by atoms with Gasteiger partial charge in [-0.05, 0) is 31.0 Å². The Labute approximate surface area is 126 Å². The van der Waals surface area contributed by atoms with Crippen molar-refractivity contribution in [3.05, 3.63) is 40.4 Å². The number of sulfone groups is 1. The molecule has 0 unspecified atom stereocenters. The van der Waals surface area contributed by atoms with E-state index in [4.69, 9.17) is 0 Å². The second-order valence-corrected chi connectivity index (χ2v) is 7.93. The van der Waals surface area contributed by atoms with E-state index in [1.165, 1.54) is 0 Å². The molecule has 0 amide bonds. The minimum absolute atomic E-state index is 0.125. The topological polar surface area (TPSA) is 64.8 Å². The van der Waals surface area contributed by atoms with Gasteiger partial charge in [0, 0.05) is 17.4 Å². The highest BCUT2D eigenvalue weighted by Crippen LogP contribution is 2.38. The first kappa shape index (κ1) is 13.8. The Morgan fingerprint density at radius 3 is 2.75 bits per heavy atom. The van der Waals surface area contributed by atoms with Gasteiger partial charge in [0.1, 0.15) is 17.4 Å². The van der Waals surface area contributed by atoms with Crippen molar-refractivity contribution in [1.82, 2.24) is 14.8 Å². The third kappa shape index (κ3) is 2.64. The van der Waals surface area contributed by atoms with Crippen LogP contribution in [0, 0.1) is 0 Å². The standard InChI is InChI=1S/C13H14BrN3O2S/c1-17-12(15-16-13(17)9-5-6-9)8-20(18,19)11-4-2-3-10(14)7-11/h2-4,7,9H,5-6,8H2,1H3. The second-order valence-electron chi connectivity index (χ2n) is 5.02. The molecule has 0 spiro atoms. The van der Waals surface area contributed by atoms with Crippen molar-refractivity contribution in [2.24, 2.45) is 7.05 Å². The lowest BCUT2D eigenvalue weighted by Gasteiger charge is -2.05. The van der Waals surface area contributed by atoms with Gasteiger partial charge >= 0.3 is 0 Å². The minimum Gasteiger partial charge on any atom is -0.317 e. The van der Waals surface area contributed by atoms with Gasteiger partial charge in [0.15, 0.2) is 9.84 Å². The zero-order valence-electron chi connectivity index (χ0n) is 11.0. The Bertz CT molecular complexity index is 751. The molecule has 2 aromatic rings. The number of hydrogen-bond donors (Lipinski definition) is 0. The van der Waals surface area contributed by atoms with Crippen LogP contribution in [-0.4, -0.2) is 23.2 Å². The first-order chi connectivity index (χ1) is 9.47. The van der Waals surface area contributed by atoms with Crippen molar-refractivity contribution in [3.63, 3.8) is 0 Å². The number of rotatable bonds is 4. The predicted molar refractivity (Wildman–Crippen MR) is 78.0 cm³/mol. The van der Waals surface area contributed by atoms with Gasteiger partial charge in [0.25, 0.3) is 0 Å². The molecule has 106 valence electrons. The normalized spacial score (nSPS) is 15.5. The monoisotopic (exact) mass is 355 g/mol. The number of nitrogens with zero attached hydrogens (tertiary/aromatic N) is 3. The van der Waals surface area contributed by atoms with Gasteiger partial charge in [0.05, 0.1) is 4.90 Å². The molecule has 0 aliphatic heterocycles. The molecule has 20 heavy (non-hydrogen) atoms. The van der Waals surface area contributed by atoms with Crippen LogP contribution < -0.4 is 0 Å². The third-order valence-corrected chi connectivity index (χ3v) is 5.52. The Morgan fingerprint density at radius 1 is 1.35 bits per heavy atom. The molecule has 1 fully saturated rings. The lowest BCUT2D eigenvalue weighted by Crippen LogP contribution is -2.10. The Kier molecular flexibility index (Phi) is 3.41. The lowest BCUT2D eigenvalue weighted by molar-refractivity contribution is 0.592. The van der Waals surface area contributed by atoms with E-state index in [1.54, 1.807) is 24.3 Å². The van der Waals surface area contributed by atoms with Crippen molar-refractivity contribution >= 4 is 25.8 Å². The summed E-state index contributed by atoms with van der Waals surface area (Å²) in [5.41, 5.74) is 0. The van der Waals surface area contributed by atoms with Crippen LogP contribution in [-0.2, 0) is 22.6 Å². The molecule has 1 aromatic heterocycles. The summed E-state index contributed by atoms with van der Waals surface area (Å²) in [5, 5.41) is 8.14. The second kappa shape index (κ2) is 4.96. The zero-order chi connectivity index (χ0) is 14.3. The Morgan fingerprint density at radius 2 is 2.10 bits per heavy atom. The zero-order valence-corrected chi connectivity index (χ0v) is 13.4. The van der Waals surface area contributed by atoms with Gasteiger partial charge in [-0.3, -0.25) is 0 Å². The van der Waals surface area contributed by atoms with Crippen LogP contribution in [0.2, 0.25) is 0 Å². The van der Waals surface area contributed by atoms with E-state index >= 15 is 0 Å². The van der Waals surface area contributed by atoms with E-state index in [0.717, 1.165) is 23.1 Å². The van der Waals surface area contributed by atoms with E-state index in [9.17, 15) is 8.42 Å². The summed E-state index contributed by atoms with van der Waals surface area (Å²) in [5.74, 6) is 1.71. The van der Waals surface area contributed by atoms with Crippen LogP contribution in [0.4, 0.5) is 0 Å². The fourth-order valence-corrected chi connectivity index (χ4v) is 4.01. The average molecular weight is 356 g/mol. The van der Waals surface area contributed by atoms with Crippen molar-refractivity contribution in [2.75, 3.05) is 0 Å². The van der Waals surface area contributed by atoms with Crippen LogP contribution in [0.5, 0.6) is 0 Å². The van der Waals surface area contributed by atoms with Crippen molar-refractivity contribution in [1.29, 1.82) is 0 Å². The summed E-state index contributed by atoms with van der Waals surface area (Å²) in [6.45, 7) is 0. The fraction of sp³-hybridized carbons (Fsp3) is 0.385. The summed E-state index contributed by atoms with van der Waals surface area (Å²) in [6, 6.07) is 6.71. The average Bonchev–Trinajstić information content (AvgIpc) is 3.17. The number of aromatic nitrogens is 3. The van der Waals surface area contributed by atoms with Gasteiger partial charge in [-0.25, -0.2) is 8.42 Å². The maximum absolute atomic E-state index is 12.4. The molecule has 1 saturated carbocycles. The highest BCUT2D eigenvalue weighted by molar-refractivity contribution is 9.10. The molecule has 1 aliphatic rings. The SMILES string of the molecule is Cn1c(CS(=O)(=O)c2cccc(Br)c2)nnc1C1CC1. The lowest BCUT2D eigenvalue weighted by atomic mass is 10.4. The van der Waals surface area contributed by atoms with E-state index in [0.29, 0.717) is 16.6 Å². The summed E-state index contributed by atoms with van der Waals surface area (Å²) >= 11 is 3.29. The van der Waals surface area contributed by atoms with E-state index in [-0.39, 0.29) is 5.75 Å². The molecule has 0 atom stereocenters. The van der Waals surface area contributed by atoms with Crippen LogP contribution in [0.1, 0.15) is 30.4 Å². The van der Waals surface area contributed by atoms with E-state index in [2.05, 4.69) is 26.1 Å². The van der Waals surface area contributed by atoms with Crippen LogP contribution in [0.25, 0.3) is 0 Å². The largest absolute Gasteiger partial charge is 0.317 e. The number of hydrogen-bond acceptors (Lipinski definition) is 4. The summed E-state index contributed by atoms with van der Waals surface area (Å²) in [7, 11) is -1.57. The third-order valence-electron chi connectivity index (χ3n) is 3.42. The van der Waals surface area contributed by atoms with Gasteiger partial charge in [-0.2, -0.15) is 0 Å². The van der Waals surface area contributed by atoms with E-state index < -0.39 is 9.84 Å². The van der Waals surface area contributed by atoms with Crippen LogP contribution in [0.15, 0.2) is 33.6 Å². The molecule has 0 radical (unpaired) electrons. The summed E-state index contributed by atoms with van der Waals surface area (Å²) < 4.78 is 27.4. The molecule has 5 nitrogen and oxygen atoms in total. The number of benzene rings is 1. The molecule has 1 aliphatic carbocycles. The van der Waals surface area contributed by atoms with Crippen molar-refractivity contribution in [3.8, 4) is 0 Å². The Hall–Kier alpha value is -1.21. The maximum Gasteiger partial charge on any atom is 0.185 e. The molecule has 1 aromatic carbocycles. The molecule has 3 rings (SSSR count). The molecule has 0 N–H and O–H groups in total. The highest BCUT2D eigenvalue weighted by atomic mass is 79.9. The molecule has 7 heteroatoms. The predicted octanol–water partition coefficient (Wildman–Crippen LogP) is 2.43. The smallest absolute Gasteiger partial charge is 0.185 e. The number of halogens is 1. The van der Waals surface area contributed by atoms with Gasteiger partial charge in [-0.1, -0.05) is 22.0 Å². The molecule has 0 bridgehead atoms. The first-order valence-corrected chi connectivity index (χ1v) is 8.78. The first-order valence-electron chi connectivity index (χ1n) is 6.34. The van der Waals surface area contributed by atoms with Crippen molar-refractivity contribution in [2.45, 2.75) is 29.4 Å². The Balaban J connectivity index is 1.90. The summed E-state index contributed by atoms with van der Waals surface area (Å²) in [6.07, 6.45) is 2.23. The quantitative estimate of drug-likeness (QED) is 0.844. The maximum atomic E-state index is 12.4. The summed E-state index contributed by atoms with van der Waals surface area (Å²) in [4.78, 5) is 0.294. The highest BCUT2D eigenvalue weighted by Gasteiger charge is 2.30. The van der Waals surface area contributed by atoms with Gasteiger partial charge in [-0.15, -0.1) is 10.2 Å². The van der Waals surface area contributed by atoms with Gasteiger partial charge in [0.2, 0.25) is 0 Å². The molecular weight excluding hydrogens is 342 g/mol. The molecule has 1 heterocycles. The van der Waals surface area contributed by atoms with Crippen molar-refractivity contribution < 1.29 is 8.42 Å². The molecular formula is C13H14BrN3O2S. The minimum atomic E-state index is -3.40. The van der Waals surface area contributed by atoms with Crippen LogP contribution >= 0.6 is 15.9 Å². The van der Waals surface area contributed by atoms with Gasteiger partial charge < -0.3 is 4.57 Å². The van der Waals surface area contributed by atoms with Crippen LogP contribution in [0.3, 0.4) is 0 Å². The van der Waals surface area contributed by atoms with E-state index in [1.807, 2.05) is 11.6 Å². The fourth-order valence-electron chi connectivity index (χ4n) is 2.11.